The topological polar surface area (TPSA) is 79.7 Å². The fourth-order valence-corrected chi connectivity index (χ4v) is 3.21. The van der Waals surface area contributed by atoms with Gasteiger partial charge in [-0.15, -0.1) is 0 Å². The molecule has 3 heterocycles. The Labute approximate surface area is 151 Å². The number of hydrogen-bond donors (Lipinski definition) is 0. The van der Waals surface area contributed by atoms with Crippen molar-refractivity contribution in [3.8, 4) is 17.3 Å². The summed E-state index contributed by atoms with van der Waals surface area (Å²) < 4.78 is 3.85. The summed E-state index contributed by atoms with van der Waals surface area (Å²) in [5.74, 6) is 1.47. The molecule has 0 fully saturated rings. The molecule has 0 unspecified atom stereocenters. The molecular weight excluding hydrogens is 328 g/mol. The highest BCUT2D eigenvalue weighted by Gasteiger charge is 2.25. The Hall–Kier alpha value is -3.40. The van der Waals surface area contributed by atoms with Gasteiger partial charge < -0.3 is 9.13 Å². The molecule has 0 atom stereocenters. The van der Waals surface area contributed by atoms with Crippen molar-refractivity contribution in [2.24, 2.45) is 0 Å². The van der Waals surface area contributed by atoms with Gasteiger partial charge in [0.1, 0.15) is 12.4 Å². The van der Waals surface area contributed by atoms with Crippen LogP contribution in [0.15, 0.2) is 42.9 Å². The van der Waals surface area contributed by atoms with Gasteiger partial charge in [0.25, 0.3) is 0 Å². The third-order valence-electron chi connectivity index (χ3n) is 4.60. The number of aromatic nitrogens is 4. The van der Waals surface area contributed by atoms with E-state index in [1.165, 1.54) is 0 Å². The Morgan fingerprint density at radius 3 is 3.00 bits per heavy atom. The third kappa shape index (κ3) is 2.86. The zero-order valence-electron chi connectivity index (χ0n) is 14.5. The van der Waals surface area contributed by atoms with Gasteiger partial charge in [-0.25, -0.2) is 9.97 Å². The van der Waals surface area contributed by atoms with E-state index in [4.69, 9.17) is 5.26 Å². The number of aryl methyl sites for hydroxylation is 2. The summed E-state index contributed by atoms with van der Waals surface area (Å²) in [7, 11) is 0. The van der Waals surface area contributed by atoms with Crippen molar-refractivity contribution in [1.82, 2.24) is 19.1 Å². The molecule has 1 aliphatic heterocycles. The number of anilines is 1. The van der Waals surface area contributed by atoms with E-state index in [0.29, 0.717) is 18.1 Å². The van der Waals surface area contributed by atoms with E-state index in [2.05, 4.69) is 16.0 Å². The van der Waals surface area contributed by atoms with Crippen molar-refractivity contribution in [3.63, 3.8) is 0 Å². The molecule has 4 rings (SSSR count). The zero-order valence-corrected chi connectivity index (χ0v) is 14.5. The van der Waals surface area contributed by atoms with Crippen LogP contribution in [0.5, 0.6) is 0 Å². The number of benzene rings is 1. The average molecular weight is 346 g/mol. The maximum atomic E-state index is 12.8. The highest BCUT2D eigenvalue weighted by molar-refractivity contribution is 5.92. The normalized spacial score (nSPS) is 13.3. The SMILES string of the molecule is Cc1nccn1CC(=O)N1CCCn2cc(-c3cccc(C#N)c3)nc21. The van der Waals surface area contributed by atoms with Crippen molar-refractivity contribution in [2.75, 3.05) is 11.4 Å². The minimum Gasteiger partial charge on any atom is -0.326 e. The second kappa shape index (κ2) is 6.48. The van der Waals surface area contributed by atoms with E-state index < -0.39 is 0 Å². The monoisotopic (exact) mass is 346 g/mol. The van der Waals surface area contributed by atoms with E-state index >= 15 is 0 Å². The minimum atomic E-state index is -0.00465. The van der Waals surface area contributed by atoms with Gasteiger partial charge in [0, 0.05) is 37.2 Å². The van der Waals surface area contributed by atoms with Crippen LogP contribution in [0.1, 0.15) is 17.8 Å². The lowest BCUT2D eigenvalue weighted by atomic mass is 10.1. The van der Waals surface area contributed by atoms with Crippen LogP contribution in [0, 0.1) is 18.3 Å². The smallest absolute Gasteiger partial charge is 0.249 e. The van der Waals surface area contributed by atoms with E-state index in [0.717, 1.165) is 30.0 Å². The Morgan fingerprint density at radius 1 is 1.35 bits per heavy atom. The largest absolute Gasteiger partial charge is 0.326 e. The first kappa shape index (κ1) is 16.1. The number of carbonyl (C=O) groups is 1. The fraction of sp³-hybridized carbons (Fsp3) is 0.263. The van der Waals surface area contributed by atoms with Crippen LogP contribution >= 0.6 is 0 Å². The van der Waals surface area contributed by atoms with Crippen molar-refractivity contribution in [2.45, 2.75) is 26.4 Å². The Morgan fingerprint density at radius 2 is 2.23 bits per heavy atom. The molecule has 0 bridgehead atoms. The van der Waals surface area contributed by atoms with Gasteiger partial charge >= 0.3 is 0 Å². The number of nitriles is 1. The molecule has 1 amide bonds. The van der Waals surface area contributed by atoms with Crippen LogP contribution < -0.4 is 4.90 Å². The molecule has 130 valence electrons. The maximum Gasteiger partial charge on any atom is 0.249 e. The molecule has 1 aromatic carbocycles. The summed E-state index contributed by atoms with van der Waals surface area (Å²) in [6.07, 6.45) is 6.34. The molecule has 0 saturated carbocycles. The van der Waals surface area contributed by atoms with E-state index in [1.807, 2.05) is 46.7 Å². The quantitative estimate of drug-likeness (QED) is 0.729. The number of hydrogen-bond acceptors (Lipinski definition) is 4. The van der Waals surface area contributed by atoms with Gasteiger partial charge in [0.15, 0.2) is 0 Å². The van der Waals surface area contributed by atoms with Gasteiger partial charge in [-0.2, -0.15) is 5.26 Å². The summed E-state index contributed by atoms with van der Waals surface area (Å²) >= 11 is 0. The molecule has 26 heavy (non-hydrogen) atoms. The highest BCUT2D eigenvalue weighted by Crippen LogP contribution is 2.27. The highest BCUT2D eigenvalue weighted by atomic mass is 16.2. The number of carbonyl (C=O) groups excluding carboxylic acids is 1. The fourth-order valence-electron chi connectivity index (χ4n) is 3.21. The lowest BCUT2D eigenvalue weighted by molar-refractivity contribution is -0.119. The summed E-state index contributed by atoms with van der Waals surface area (Å²) in [5.41, 5.74) is 2.25. The van der Waals surface area contributed by atoms with Crippen LogP contribution in [0.3, 0.4) is 0 Å². The summed E-state index contributed by atoms with van der Waals surface area (Å²) in [6.45, 7) is 3.61. The van der Waals surface area contributed by atoms with E-state index in [9.17, 15) is 4.79 Å². The van der Waals surface area contributed by atoms with Gasteiger partial charge in [-0.05, 0) is 25.5 Å². The van der Waals surface area contributed by atoms with Crippen molar-refractivity contribution >= 4 is 11.9 Å². The second-order valence-electron chi connectivity index (χ2n) is 6.31. The van der Waals surface area contributed by atoms with Gasteiger partial charge in [0.05, 0.1) is 17.3 Å². The Bertz CT molecular complexity index is 1010. The maximum absolute atomic E-state index is 12.8. The first-order chi connectivity index (χ1) is 12.7. The summed E-state index contributed by atoms with van der Waals surface area (Å²) in [5, 5.41) is 9.09. The number of rotatable bonds is 3. The zero-order chi connectivity index (χ0) is 18.1. The molecule has 0 aliphatic carbocycles. The van der Waals surface area contributed by atoms with Crippen molar-refractivity contribution in [3.05, 3.63) is 54.2 Å². The number of nitrogens with zero attached hydrogens (tertiary/aromatic N) is 6. The van der Waals surface area contributed by atoms with Crippen LogP contribution in [0.25, 0.3) is 11.3 Å². The van der Waals surface area contributed by atoms with Crippen LogP contribution in [-0.4, -0.2) is 31.6 Å². The molecule has 0 radical (unpaired) electrons. The molecule has 0 N–H and O–H groups in total. The molecule has 1 aliphatic rings. The summed E-state index contributed by atoms with van der Waals surface area (Å²) in [6, 6.07) is 9.50. The van der Waals surface area contributed by atoms with E-state index in [-0.39, 0.29) is 12.5 Å². The van der Waals surface area contributed by atoms with E-state index in [1.54, 1.807) is 17.2 Å². The van der Waals surface area contributed by atoms with Crippen LogP contribution in [0.2, 0.25) is 0 Å². The Kier molecular flexibility index (Phi) is 4.01. The molecule has 7 heteroatoms. The average Bonchev–Trinajstić information content (AvgIpc) is 3.27. The van der Waals surface area contributed by atoms with Crippen LogP contribution in [0.4, 0.5) is 5.95 Å². The molecular formula is C19H18N6O. The second-order valence-corrected chi connectivity index (χ2v) is 6.31. The standard InChI is InChI=1S/C19H18N6O/c1-14-21-6-9-23(14)13-18(26)25-8-3-7-24-12-17(22-19(24)25)16-5-2-4-15(10-16)11-20/h2,4-6,9-10,12H,3,7-8,13H2,1H3. The van der Waals surface area contributed by atoms with Gasteiger partial charge in [-0.1, -0.05) is 12.1 Å². The predicted octanol–water partition coefficient (Wildman–Crippen LogP) is 2.36. The molecule has 0 spiro atoms. The molecule has 7 nitrogen and oxygen atoms in total. The van der Waals surface area contributed by atoms with Gasteiger partial charge in [0.2, 0.25) is 11.9 Å². The summed E-state index contributed by atoms with van der Waals surface area (Å²) in [4.78, 5) is 23.4. The number of imidazole rings is 2. The van der Waals surface area contributed by atoms with Crippen molar-refractivity contribution in [1.29, 1.82) is 5.26 Å². The molecule has 0 saturated heterocycles. The predicted molar refractivity (Wildman–Crippen MR) is 96.3 cm³/mol. The van der Waals surface area contributed by atoms with Gasteiger partial charge in [-0.3, -0.25) is 9.69 Å². The number of fused-ring (bicyclic) bond motifs is 1. The molecule has 2 aromatic heterocycles. The Balaban J connectivity index is 1.64. The lowest BCUT2D eigenvalue weighted by Crippen LogP contribution is -2.39. The first-order valence-electron chi connectivity index (χ1n) is 8.51. The minimum absolute atomic E-state index is 0.00465. The molecule has 3 aromatic rings. The lowest BCUT2D eigenvalue weighted by Gasteiger charge is -2.27. The van der Waals surface area contributed by atoms with Crippen molar-refractivity contribution < 1.29 is 4.79 Å². The van der Waals surface area contributed by atoms with Crippen LogP contribution in [-0.2, 0) is 17.9 Å². The first-order valence-corrected chi connectivity index (χ1v) is 8.51. The third-order valence-corrected chi connectivity index (χ3v) is 4.60. The number of amides is 1.